The van der Waals surface area contributed by atoms with Crippen LogP contribution in [-0.4, -0.2) is 68.4 Å². The van der Waals surface area contributed by atoms with Gasteiger partial charge in [0, 0.05) is 6.92 Å². The molecule has 1 fully saturated rings. The monoisotopic (exact) mass is 237 g/mol. The third-order valence-corrected chi connectivity index (χ3v) is 2.32. The smallest absolute Gasteiger partial charge is 0.279 e. The first kappa shape index (κ1) is 13.3. The lowest BCUT2D eigenvalue weighted by atomic mass is 9.96. The summed E-state index contributed by atoms with van der Waals surface area (Å²) in [4.78, 5) is 10.8. The zero-order valence-corrected chi connectivity index (χ0v) is 8.57. The molecule has 1 aliphatic heterocycles. The molecule has 1 aliphatic rings. The van der Waals surface area contributed by atoms with Gasteiger partial charge in [-0.25, -0.2) is 0 Å². The van der Waals surface area contributed by atoms with Crippen LogP contribution in [0, 0.1) is 0 Å². The van der Waals surface area contributed by atoms with E-state index in [1.807, 2.05) is 5.32 Å². The van der Waals surface area contributed by atoms with E-state index in [1.54, 1.807) is 0 Å². The number of rotatable bonds is 2. The predicted octanol–water partition coefficient (Wildman–Crippen LogP) is -3.76. The van der Waals surface area contributed by atoms with Gasteiger partial charge in [0.2, 0.25) is 5.91 Å². The second kappa shape index (κ2) is 4.62. The highest BCUT2D eigenvalue weighted by atomic mass is 16.7. The molecule has 8 nitrogen and oxygen atoms in total. The highest BCUT2D eigenvalue weighted by molar-refractivity contribution is 5.73. The van der Waals surface area contributed by atoms with Crippen LogP contribution in [0.15, 0.2) is 0 Å². The van der Waals surface area contributed by atoms with E-state index >= 15 is 0 Å². The van der Waals surface area contributed by atoms with Crippen molar-refractivity contribution >= 4 is 5.91 Å². The minimum absolute atomic E-state index is 0.688. The van der Waals surface area contributed by atoms with Crippen molar-refractivity contribution in [3.63, 3.8) is 0 Å². The number of carbonyl (C=O) groups is 1. The summed E-state index contributed by atoms with van der Waals surface area (Å²) in [5, 5.41) is 48.6. The molecule has 1 saturated heterocycles. The summed E-state index contributed by atoms with van der Waals surface area (Å²) >= 11 is 0. The van der Waals surface area contributed by atoms with Crippen molar-refractivity contribution < 1.29 is 35.1 Å². The number of nitrogens with one attached hydrogen (secondary N) is 1. The Kier molecular flexibility index (Phi) is 3.84. The van der Waals surface area contributed by atoms with Crippen LogP contribution >= 0.6 is 0 Å². The van der Waals surface area contributed by atoms with Gasteiger partial charge in [-0.15, -0.1) is 0 Å². The lowest BCUT2D eigenvalue weighted by Crippen LogP contribution is -2.71. The van der Waals surface area contributed by atoms with Gasteiger partial charge in [0.1, 0.15) is 18.3 Å². The molecule has 1 heterocycles. The Labute approximate surface area is 91.1 Å². The molecule has 94 valence electrons. The maximum Gasteiger partial charge on any atom is 0.279 e. The molecule has 5 atom stereocenters. The molecule has 0 unspecified atom stereocenters. The van der Waals surface area contributed by atoms with Gasteiger partial charge in [-0.05, 0) is 0 Å². The average Bonchev–Trinajstić information content (AvgIpc) is 2.20. The molecule has 0 bridgehead atoms. The van der Waals surface area contributed by atoms with Gasteiger partial charge in [-0.3, -0.25) is 4.79 Å². The van der Waals surface area contributed by atoms with E-state index in [0.717, 1.165) is 6.92 Å². The first-order valence-corrected chi connectivity index (χ1v) is 4.66. The third kappa shape index (κ3) is 2.32. The Morgan fingerprint density at radius 1 is 1.38 bits per heavy atom. The number of aliphatic hydroxyl groups is 5. The standard InChI is InChI=1S/C8H15NO7/c1-3(11)9-8(15)7(14)6(13)5(12)4(2-10)16-8/h4-7,10,12-15H,2H2,1H3,(H,9,11)/t4-,5-,6+,7+,8+/m1/s1. The molecule has 16 heavy (non-hydrogen) atoms. The molecule has 0 saturated carbocycles. The highest BCUT2D eigenvalue weighted by Crippen LogP contribution is 2.26. The van der Waals surface area contributed by atoms with E-state index in [4.69, 9.17) is 9.84 Å². The Hall–Kier alpha value is -0.770. The molecular formula is C8H15NO7. The zero-order chi connectivity index (χ0) is 12.5. The van der Waals surface area contributed by atoms with Gasteiger partial charge in [0.15, 0.2) is 6.10 Å². The molecule has 0 aromatic heterocycles. The zero-order valence-electron chi connectivity index (χ0n) is 8.57. The van der Waals surface area contributed by atoms with Crippen molar-refractivity contribution in [2.24, 2.45) is 0 Å². The Morgan fingerprint density at radius 2 is 1.94 bits per heavy atom. The number of ether oxygens (including phenoxy) is 1. The van der Waals surface area contributed by atoms with Gasteiger partial charge >= 0.3 is 0 Å². The summed E-state index contributed by atoms with van der Waals surface area (Å²) in [5.74, 6) is -3.24. The van der Waals surface area contributed by atoms with Crippen LogP contribution in [0.1, 0.15) is 6.92 Å². The van der Waals surface area contributed by atoms with Crippen molar-refractivity contribution in [3.8, 4) is 0 Å². The van der Waals surface area contributed by atoms with E-state index < -0.39 is 42.8 Å². The van der Waals surface area contributed by atoms with Crippen LogP contribution in [0.25, 0.3) is 0 Å². The fourth-order valence-electron chi connectivity index (χ4n) is 1.51. The maximum atomic E-state index is 10.8. The largest absolute Gasteiger partial charge is 0.394 e. The predicted molar refractivity (Wildman–Crippen MR) is 48.7 cm³/mol. The van der Waals surface area contributed by atoms with Gasteiger partial charge in [-0.1, -0.05) is 0 Å². The molecule has 1 rings (SSSR count). The normalized spacial score (nSPS) is 44.1. The Balaban J connectivity index is 2.89. The van der Waals surface area contributed by atoms with Crippen LogP contribution in [0.4, 0.5) is 0 Å². The van der Waals surface area contributed by atoms with Gasteiger partial charge in [-0.2, -0.15) is 0 Å². The van der Waals surface area contributed by atoms with E-state index in [1.165, 1.54) is 0 Å². The number of hydrogen-bond donors (Lipinski definition) is 6. The van der Waals surface area contributed by atoms with E-state index in [9.17, 15) is 25.2 Å². The van der Waals surface area contributed by atoms with Crippen LogP contribution < -0.4 is 5.32 Å². The first-order valence-electron chi connectivity index (χ1n) is 4.66. The fraction of sp³-hybridized carbons (Fsp3) is 0.875. The van der Waals surface area contributed by atoms with Gasteiger partial charge in [0.25, 0.3) is 5.91 Å². The van der Waals surface area contributed by atoms with Gasteiger partial charge < -0.3 is 35.6 Å². The summed E-state index contributed by atoms with van der Waals surface area (Å²) in [6.45, 7) is 0.381. The van der Waals surface area contributed by atoms with E-state index in [2.05, 4.69) is 0 Å². The quantitative estimate of drug-likeness (QED) is 0.271. The average molecular weight is 237 g/mol. The summed E-state index contributed by atoms with van der Waals surface area (Å²) in [7, 11) is 0. The maximum absolute atomic E-state index is 10.8. The molecule has 8 heteroatoms. The SMILES string of the molecule is CC(=O)N[C@@]1(O)O[C@H](CO)[C@@H](O)[C@H](O)[C@@H]1O. The molecular weight excluding hydrogens is 222 g/mol. The summed E-state index contributed by atoms with van der Waals surface area (Å²) in [5.41, 5.74) is 0. The number of carbonyl (C=O) groups excluding carboxylic acids is 1. The van der Waals surface area contributed by atoms with Crippen molar-refractivity contribution in [2.45, 2.75) is 37.3 Å². The minimum Gasteiger partial charge on any atom is -0.394 e. The van der Waals surface area contributed by atoms with Crippen LogP contribution in [0.5, 0.6) is 0 Å². The Morgan fingerprint density at radius 3 is 2.38 bits per heavy atom. The van der Waals surface area contributed by atoms with Crippen LogP contribution in [-0.2, 0) is 9.53 Å². The topological polar surface area (TPSA) is 139 Å². The van der Waals surface area contributed by atoms with Crippen LogP contribution in [0.2, 0.25) is 0 Å². The minimum atomic E-state index is -2.53. The molecule has 6 N–H and O–H groups in total. The Bertz CT molecular complexity index is 271. The van der Waals surface area contributed by atoms with E-state index in [0.29, 0.717) is 0 Å². The summed E-state index contributed by atoms with van der Waals surface area (Å²) < 4.78 is 4.74. The number of aliphatic hydroxyl groups excluding tert-OH is 4. The molecule has 0 spiro atoms. The van der Waals surface area contributed by atoms with Crippen molar-refractivity contribution in [1.29, 1.82) is 0 Å². The molecule has 0 aromatic carbocycles. The van der Waals surface area contributed by atoms with E-state index in [-0.39, 0.29) is 0 Å². The number of hydrogen-bond acceptors (Lipinski definition) is 7. The fourth-order valence-corrected chi connectivity index (χ4v) is 1.51. The van der Waals surface area contributed by atoms with Crippen LogP contribution in [0.3, 0.4) is 0 Å². The van der Waals surface area contributed by atoms with Crippen molar-refractivity contribution in [3.05, 3.63) is 0 Å². The second-order valence-corrected chi connectivity index (χ2v) is 3.64. The highest BCUT2D eigenvalue weighted by Gasteiger charge is 2.53. The first-order chi connectivity index (χ1) is 7.31. The summed E-state index contributed by atoms with van der Waals surface area (Å²) in [6, 6.07) is 0. The van der Waals surface area contributed by atoms with Crippen molar-refractivity contribution in [1.82, 2.24) is 5.32 Å². The molecule has 0 aromatic rings. The molecule has 0 aliphatic carbocycles. The van der Waals surface area contributed by atoms with Crippen molar-refractivity contribution in [2.75, 3.05) is 6.61 Å². The molecule has 0 radical (unpaired) electrons. The van der Waals surface area contributed by atoms with Gasteiger partial charge in [0.05, 0.1) is 6.61 Å². The lowest BCUT2D eigenvalue weighted by Gasteiger charge is -2.44. The molecule has 1 amide bonds. The summed E-state index contributed by atoms with van der Waals surface area (Å²) in [6.07, 6.45) is -6.54. The number of amides is 1. The second-order valence-electron chi connectivity index (χ2n) is 3.64. The lowest BCUT2D eigenvalue weighted by molar-refractivity contribution is -0.358. The third-order valence-electron chi connectivity index (χ3n) is 2.32.